The number of thioether (sulfide) groups is 1. The molecule has 0 radical (unpaired) electrons. The van der Waals surface area contributed by atoms with Crippen molar-refractivity contribution < 1.29 is 96.5 Å². The van der Waals surface area contributed by atoms with Crippen molar-refractivity contribution in [2.24, 2.45) is 34.6 Å². The zero-order valence-electron chi connectivity index (χ0n) is 72.9. The number of phenols is 1. The fourth-order valence-electron chi connectivity index (χ4n) is 16.8. The average molecular weight is 1810 g/mol. The highest BCUT2D eigenvalue weighted by Crippen LogP contribution is 2.29. The van der Waals surface area contributed by atoms with Gasteiger partial charge in [0.15, 0.2) is 5.78 Å². The molecule has 23 N–H and O–H groups in total. The van der Waals surface area contributed by atoms with E-state index in [1.807, 2.05) is 26.0 Å². The number of para-hydroxylation sites is 2. The van der Waals surface area contributed by atoms with Crippen LogP contribution in [0.5, 0.6) is 5.75 Å². The van der Waals surface area contributed by atoms with Crippen LogP contribution in [0.4, 0.5) is 0 Å². The number of primary amides is 2. The van der Waals surface area contributed by atoms with Gasteiger partial charge in [-0.05, 0) is 112 Å². The number of hydrogen-bond donors (Lipinski definition) is 18. The lowest BCUT2D eigenvalue weighted by Gasteiger charge is -2.36. The van der Waals surface area contributed by atoms with Gasteiger partial charge >= 0.3 is 5.97 Å². The SMILES string of the molecule is CCCC[C@@H]1C(=O)N(C)[C@H](CCCC)C(=O)N[C@@H](CN)C(=O)N[C@@H](C(=O)NCC(N)=O)CSCC(=O)N[C@@H](Cc2ccc(O)cc2)C(=O)N2CCCC2C(=O)N[C@H](CC(=O)O)C(=O)N2CCC[C@H]2C(=O)N[C@H](CN)C(=O)N[C@@H](CCC(N)=O)C(=O)N2CCCC2C(=O)N[C@H](Cc2c[nH]c3ccccc23)C(=O)C[C@@H](CCN)C(=O)N[C@@H](Cc2c[nH]c3ccccc23)C(=O)N1C. The van der Waals surface area contributed by atoms with Crippen LogP contribution in [-0.4, -0.2) is 301 Å². The number of aromatic nitrogens is 2. The zero-order chi connectivity index (χ0) is 93.9. The van der Waals surface area contributed by atoms with Crippen molar-refractivity contribution in [3.63, 3.8) is 0 Å². The fourth-order valence-corrected chi connectivity index (χ4v) is 17.7. The Balaban J connectivity index is 1.07. The maximum atomic E-state index is 15.7. The predicted molar refractivity (Wildman–Crippen MR) is 473 cm³/mol. The molecule has 129 heavy (non-hydrogen) atoms. The first-order valence-corrected chi connectivity index (χ1v) is 44.9. The second-order valence-electron chi connectivity index (χ2n) is 33.0. The molecule has 0 aliphatic carbocycles. The molecule has 4 saturated heterocycles. The summed E-state index contributed by atoms with van der Waals surface area (Å²) in [4.78, 5) is 272. The van der Waals surface area contributed by atoms with Crippen LogP contribution < -0.4 is 76.5 Å². The number of aromatic hydroxyl groups is 1. The number of unbranched alkanes of at least 4 members (excludes halogenated alkanes) is 2. The van der Waals surface area contributed by atoms with Gasteiger partial charge in [0.2, 0.25) is 94.5 Å². The van der Waals surface area contributed by atoms with Gasteiger partial charge in [-0.3, -0.25) is 86.3 Å². The number of H-pyrrole nitrogens is 2. The van der Waals surface area contributed by atoms with E-state index >= 15 is 28.8 Å². The van der Waals surface area contributed by atoms with Gasteiger partial charge in [0.25, 0.3) is 0 Å². The van der Waals surface area contributed by atoms with Gasteiger partial charge in [0.05, 0.1) is 24.8 Å². The number of nitrogens with one attached hydrogen (secondary N) is 11. The lowest BCUT2D eigenvalue weighted by atomic mass is 9.91. The predicted octanol–water partition coefficient (Wildman–Crippen LogP) is -2.80. The Hall–Kier alpha value is -12.6. The number of phenolic OH excluding ortho intramolecular Hbond substituents is 1. The van der Waals surface area contributed by atoms with E-state index in [1.54, 1.807) is 48.8 Å². The first kappa shape index (κ1) is 100. The quantitative estimate of drug-likeness (QED) is 0.0297. The highest BCUT2D eigenvalue weighted by Gasteiger charge is 2.46. The number of aliphatic carboxylic acids is 1. The number of Topliss-reactive ketones (excluding diaryl/α,β-unsaturated/α-hetero) is 1. The van der Waals surface area contributed by atoms with E-state index in [1.165, 1.54) is 48.2 Å². The number of aromatic amines is 2. The summed E-state index contributed by atoms with van der Waals surface area (Å²) in [5.74, 6) is -19.0. The lowest BCUT2D eigenvalue weighted by molar-refractivity contribution is -0.149. The third kappa shape index (κ3) is 27.0. The minimum Gasteiger partial charge on any atom is -0.508 e. The largest absolute Gasteiger partial charge is 0.508 e. The molecule has 0 saturated carbocycles. The third-order valence-electron chi connectivity index (χ3n) is 23.9. The zero-order valence-corrected chi connectivity index (χ0v) is 73.8. The van der Waals surface area contributed by atoms with Crippen LogP contribution >= 0.6 is 11.8 Å². The Morgan fingerprint density at radius 1 is 0.488 bits per heavy atom. The Morgan fingerprint density at radius 3 is 1.47 bits per heavy atom. The molecular weight excluding hydrogens is 1690 g/mol. The summed E-state index contributed by atoms with van der Waals surface area (Å²) in [7, 11) is 2.75. The molecule has 41 nitrogen and oxygen atoms in total. The molecule has 9 rings (SSSR count). The Bertz CT molecular complexity index is 4890. The normalized spacial score (nSPS) is 25.2. The van der Waals surface area contributed by atoms with Crippen LogP contribution in [0.3, 0.4) is 0 Å². The molecule has 4 fully saturated rings. The van der Waals surface area contributed by atoms with Gasteiger partial charge in [0.1, 0.15) is 78.3 Å². The molecule has 700 valence electrons. The number of nitrogens with two attached hydrogens (primary N) is 5. The summed E-state index contributed by atoms with van der Waals surface area (Å²) in [5, 5.41) is 45.3. The maximum absolute atomic E-state index is 15.7. The van der Waals surface area contributed by atoms with Crippen LogP contribution in [0.1, 0.15) is 140 Å². The lowest BCUT2D eigenvalue weighted by Crippen LogP contribution is -2.61. The second-order valence-corrected chi connectivity index (χ2v) is 34.1. The summed E-state index contributed by atoms with van der Waals surface area (Å²) in [6, 6.07) is 0.386. The molecule has 5 aromatic rings. The Labute approximate surface area is 749 Å². The third-order valence-corrected chi connectivity index (χ3v) is 24.9. The number of carbonyl (C=O) groups is 18. The van der Waals surface area contributed by atoms with Crippen molar-refractivity contribution in [1.29, 1.82) is 0 Å². The molecule has 14 atom stereocenters. The van der Waals surface area contributed by atoms with Crippen LogP contribution in [0.15, 0.2) is 85.2 Å². The number of fused-ring (bicyclic) bond motifs is 5. The van der Waals surface area contributed by atoms with E-state index in [2.05, 4.69) is 57.8 Å². The highest BCUT2D eigenvalue weighted by atomic mass is 32.2. The molecule has 0 spiro atoms. The van der Waals surface area contributed by atoms with Crippen molar-refractivity contribution in [3.05, 3.63) is 102 Å². The van der Waals surface area contributed by atoms with E-state index in [-0.39, 0.29) is 109 Å². The van der Waals surface area contributed by atoms with E-state index in [9.17, 15) is 67.7 Å². The Morgan fingerprint density at radius 2 is 0.953 bits per heavy atom. The van der Waals surface area contributed by atoms with E-state index in [0.717, 1.165) is 26.5 Å². The average Bonchev–Trinajstić information content (AvgIpc) is 1.77. The molecule has 2 unspecified atom stereocenters. The monoisotopic (exact) mass is 1810 g/mol. The minimum absolute atomic E-state index is 0.0101. The number of amides is 16. The van der Waals surface area contributed by atoms with Crippen molar-refractivity contribution in [2.45, 2.75) is 221 Å². The van der Waals surface area contributed by atoms with Crippen molar-refractivity contribution >= 4 is 140 Å². The number of rotatable bonds is 24. The molecule has 4 aliphatic rings. The molecule has 42 heteroatoms. The van der Waals surface area contributed by atoms with Crippen LogP contribution in [0.2, 0.25) is 0 Å². The molecular formula is C87H121N21O20S. The topological polar surface area (TPSA) is 634 Å². The van der Waals surface area contributed by atoms with Gasteiger partial charge in [-0.25, -0.2) is 0 Å². The van der Waals surface area contributed by atoms with Crippen LogP contribution in [0.25, 0.3) is 21.8 Å². The molecule has 0 bridgehead atoms. The smallest absolute Gasteiger partial charge is 0.305 e. The van der Waals surface area contributed by atoms with Gasteiger partial charge in [-0.1, -0.05) is 88.1 Å². The summed E-state index contributed by atoms with van der Waals surface area (Å²) in [6.45, 7) is 1.29. The number of likely N-dealkylation sites (N-methyl/N-ethyl adjacent to an activating group) is 2. The first-order valence-electron chi connectivity index (χ1n) is 43.7. The van der Waals surface area contributed by atoms with Gasteiger partial charge in [0, 0.05) is 125 Å². The van der Waals surface area contributed by atoms with Crippen molar-refractivity contribution in [2.75, 3.05) is 71.4 Å². The molecule has 3 aromatic carbocycles. The number of carboxylic acids is 1. The molecule has 2 aromatic heterocycles. The summed E-state index contributed by atoms with van der Waals surface area (Å²) < 4.78 is 0. The highest BCUT2D eigenvalue weighted by molar-refractivity contribution is 8.00. The van der Waals surface area contributed by atoms with Gasteiger partial charge in [-0.2, -0.15) is 0 Å². The van der Waals surface area contributed by atoms with E-state index in [4.69, 9.17) is 28.7 Å². The number of ketones is 1. The number of hydrogen-bond acceptors (Lipinski definition) is 23. The van der Waals surface area contributed by atoms with Crippen LogP contribution in [0, 0.1) is 5.92 Å². The maximum Gasteiger partial charge on any atom is 0.305 e. The van der Waals surface area contributed by atoms with Crippen molar-refractivity contribution in [3.8, 4) is 5.75 Å². The van der Waals surface area contributed by atoms with Crippen LogP contribution in [-0.2, 0) is 106 Å². The number of carbonyl (C=O) groups excluding carboxylic acids is 17. The van der Waals surface area contributed by atoms with Gasteiger partial charge in [-0.15, -0.1) is 11.8 Å². The fraction of sp³-hybridized carbons (Fsp3) is 0.540. The molecule has 4 aliphatic heterocycles. The number of benzene rings is 3. The van der Waals surface area contributed by atoms with Gasteiger partial charge < -0.3 is 121 Å². The number of nitrogens with zero attached hydrogens (tertiary/aromatic N) is 5. The second kappa shape index (κ2) is 48.0. The standard InChI is InChI=1S/C87H121N21O20S/c1-5-7-20-65-79(120)101-63(42-90)78(119)103-64(76(117)95-45-72(92)112)46-129-47-73(113)96-59(36-48-25-27-52(109)28-26-48)85(126)107-34-14-23-67(107)81(122)100-61(40-74(114)115)86(127)108-35-15-24-68(108)82(123)102-62(41-89)77(118)97-57(29-30-71(91)111)84(125)106-33-13-22-66(106)80(121)98-58(37-50-43-93-55-18-11-9-16-53(50)55)70(110)39-49(31-32-88)75(116)99-60(38-51-44-94-56-19-12-10-17-54(51)56)83(124)105(4)69(21-8-6-2)87(128)104(65)3/h9-12,16-19,25-28,43-44,49,57-69,93-94,109H,5-8,13-15,20-24,29-42,45-47,88-90H2,1-4H3,(H2,91,111)(H2,92,112)(H,95,117)(H,96,113)(H,97,118)(H,98,121)(H,99,116)(H,100,122)(H,101,120)(H,102,123)(H,103,119)(H,114,115)/t49-,57+,58-,59+,60+,61-,62-,63+,64-,65-,66?,67?,68+,69-/m1/s1. The molecule has 16 amide bonds. The summed E-state index contributed by atoms with van der Waals surface area (Å²) in [5.41, 5.74) is 32.6. The molecule has 6 heterocycles. The number of carboxylic acid groups (broad SMARTS) is 1. The van der Waals surface area contributed by atoms with E-state index in [0.29, 0.717) is 64.2 Å². The first-order chi connectivity index (χ1) is 61.7. The summed E-state index contributed by atoms with van der Waals surface area (Å²) >= 11 is 0.769. The minimum atomic E-state index is -1.87. The van der Waals surface area contributed by atoms with E-state index < -0.39 is 248 Å². The Kier molecular flexibility index (Phi) is 37.3. The summed E-state index contributed by atoms with van der Waals surface area (Å²) in [6.07, 6.45) is 2.39. The van der Waals surface area contributed by atoms with Crippen molar-refractivity contribution in [1.82, 2.24) is 82.3 Å².